The second-order valence-electron chi connectivity index (χ2n) is 10.3. The molecule has 4 rings (SSSR count). The number of methoxy groups -OCH3 is 1. The number of amides is 3. The molecular formula is C27H26Cl4N2O7S. The van der Waals surface area contributed by atoms with Crippen molar-refractivity contribution in [2.24, 2.45) is 11.8 Å². The van der Waals surface area contributed by atoms with Gasteiger partial charge < -0.3 is 14.8 Å². The minimum Gasteiger partial charge on any atom is -0.465 e. The molecule has 0 radical (unpaired) electrons. The van der Waals surface area contributed by atoms with Crippen LogP contribution in [0.1, 0.15) is 75.1 Å². The van der Waals surface area contributed by atoms with Gasteiger partial charge in [-0.05, 0) is 43.1 Å². The molecule has 1 aromatic carbocycles. The van der Waals surface area contributed by atoms with Crippen LogP contribution in [-0.4, -0.2) is 54.3 Å². The molecule has 9 nitrogen and oxygen atoms in total. The number of hydrogen-bond donors (Lipinski definition) is 1. The van der Waals surface area contributed by atoms with E-state index in [4.69, 9.17) is 55.9 Å². The van der Waals surface area contributed by atoms with Crippen LogP contribution >= 0.6 is 57.7 Å². The summed E-state index contributed by atoms with van der Waals surface area (Å²) in [7, 11) is 1.27. The molecule has 3 amide bonds. The Morgan fingerprint density at radius 2 is 1.61 bits per heavy atom. The quantitative estimate of drug-likeness (QED) is 0.149. The van der Waals surface area contributed by atoms with Gasteiger partial charge in [-0.25, -0.2) is 9.59 Å². The van der Waals surface area contributed by atoms with Crippen molar-refractivity contribution in [3.8, 4) is 0 Å². The molecule has 2 atom stereocenters. The minimum atomic E-state index is -1.39. The van der Waals surface area contributed by atoms with Crippen LogP contribution < -0.4 is 5.32 Å². The molecule has 0 bridgehead atoms. The molecule has 1 aliphatic carbocycles. The lowest BCUT2D eigenvalue weighted by atomic mass is 9.88. The van der Waals surface area contributed by atoms with E-state index in [1.165, 1.54) is 18.4 Å². The summed E-state index contributed by atoms with van der Waals surface area (Å²) in [5.41, 5.74) is 0.629. The number of ether oxygens (including phenoxy) is 2. The Labute approximate surface area is 260 Å². The van der Waals surface area contributed by atoms with Crippen LogP contribution in [0.3, 0.4) is 0 Å². The Kier molecular flexibility index (Phi) is 9.60. The van der Waals surface area contributed by atoms with E-state index < -0.39 is 42.3 Å². The first-order valence-corrected chi connectivity index (χ1v) is 15.0. The molecule has 0 unspecified atom stereocenters. The van der Waals surface area contributed by atoms with Crippen molar-refractivity contribution in [3.63, 3.8) is 0 Å². The number of fused-ring (bicyclic) bond motifs is 2. The Morgan fingerprint density at radius 1 is 1.02 bits per heavy atom. The first-order valence-electron chi connectivity index (χ1n) is 12.7. The first-order chi connectivity index (χ1) is 19.3. The molecule has 14 heteroatoms. The number of carbonyl (C=O) groups excluding carboxylic acids is 5. The van der Waals surface area contributed by atoms with Crippen molar-refractivity contribution in [2.45, 2.75) is 52.5 Å². The topological polar surface area (TPSA) is 119 Å². The third-order valence-electron chi connectivity index (χ3n) is 6.91. The van der Waals surface area contributed by atoms with Crippen molar-refractivity contribution in [1.29, 1.82) is 0 Å². The third kappa shape index (κ3) is 5.95. The number of benzene rings is 1. The molecular weight excluding hydrogens is 638 g/mol. The summed E-state index contributed by atoms with van der Waals surface area (Å²) in [5.74, 6) is -3.75. The van der Waals surface area contributed by atoms with Gasteiger partial charge >= 0.3 is 11.9 Å². The predicted molar refractivity (Wildman–Crippen MR) is 157 cm³/mol. The van der Waals surface area contributed by atoms with Gasteiger partial charge in [-0.3, -0.25) is 19.3 Å². The van der Waals surface area contributed by atoms with Crippen LogP contribution in [0.25, 0.3) is 0 Å². The van der Waals surface area contributed by atoms with Crippen LogP contribution in [-0.2, 0) is 31.9 Å². The molecule has 2 heterocycles. The highest BCUT2D eigenvalue weighted by atomic mass is 35.5. The summed E-state index contributed by atoms with van der Waals surface area (Å²) in [4.78, 5) is 67.0. The van der Waals surface area contributed by atoms with E-state index >= 15 is 0 Å². The molecule has 0 saturated heterocycles. The standard InChI is InChI=1S/C27H26Cl4N2O7S/c1-10(2)7-13(33-24(35)17-18(25(33)36)20(29)22(31)21(30)19(17)28)26(37)40-9-15(34)32-23-16(27(38)39-4)12-6-5-11(3)8-14(12)41-23/h10-11,13H,5-9H2,1-4H3,(H,32,34)/t11-,13-/m0/s1. The van der Waals surface area contributed by atoms with E-state index in [0.717, 1.165) is 23.3 Å². The van der Waals surface area contributed by atoms with E-state index in [0.29, 0.717) is 27.8 Å². The number of imide groups is 1. The smallest absolute Gasteiger partial charge is 0.341 e. The van der Waals surface area contributed by atoms with Gasteiger partial charge in [0.2, 0.25) is 0 Å². The lowest BCUT2D eigenvalue weighted by Gasteiger charge is -2.25. The number of nitrogens with zero attached hydrogens (tertiary/aromatic N) is 1. The van der Waals surface area contributed by atoms with E-state index in [1.807, 2.05) is 0 Å². The lowest BCUT2D eigenvalue weighted by molar-refractivity contribution is -0.151. The molecule has 2 aliphatic rings. The van der Waals surface area contributed by atoms with Crippen molar-refractivity contribution in [2.75, 3.05) is 19.0 Å². The highest BCUT2D eigenvalue weighted by Gasteiger charge is 2.47. The van der Waals surface area contributed by atoms with Crippen LogP contribution in [0.2, 0.25) is 20.1 Å². The van der Waals surface area contributed by atoms with Crippen LogP contribution in [0.15, 0.2) is 0 Å². The summed E-state index contributed by atoms with van der Waals surface area (Å²) in [6.07, 6.45) is 2.40. The summed E-state index contributed by atoms with van der Waals surface area (Å²) < 4.78 is 10.2. The van der Waals surface area contributed by atoms with Gasteiger partial charge in [0.25, 0.3) is 17.7 Å². The zero-order chi connectivity index (χ0) is 30.3. The lowest BCUT2D eigenvalue weighted by Crippen LogP contribution is -2.47. The van der Waals surface area contributed by atoms with Gasteiger partial charge in [0.15, 0.2) is 6.61 Å². The molecule has 41 heavy (non-hydrogen) atoms. The Bertz CT molecular complexity index is 1430. The highest BCUT2D eigenvalue weighted by Crippen LogP contribution is 2.45. The molecule has 0 spiro atoms. The average molecular weight is 664 g/mol. The second kappa shape index (κ2) is 12.5. The number of thiophene rings is 1. The maximum absolute atomic E-state index is 13.3. The Balaban J connectivity index is 1.54. The van der Waals surface area contributed by atoms with Gasteiger partial charge in [-0.1, -0.05) is 67.2 Å². The van der Waals surface area contributed by atoms with Gasteiger partial charge in [-0.15, -0.1) is 11.3 Å². The van der Waals surface area contributed by atoms with Crippen molar-refractivity contribution in [3.05, 3.63) is 47.2 Å². The molecule has 2 aromatic rings. The number of esters is 2. The highest BCUT2D eigenvalue weighted by molar-refractivity contribution is 7.17. The fourth-order valence-electron chi connectivity index (χ4n) is 4.96. The molecule has 220 valence electrons. The van der Waals surface area contributed by atoms with Gasteiger partial charge in [0, 0.05) is 4.88 Å². The predicted octanol–water partition coefficient (Wildman–Crippen LogP) is 6.47. The normalized spacial score (nSPS) is 16.9. The maximum Gasteiger partial charge on any atom is 0.341 e. The minimum absolute atomic E-state index is 0.0327. The zero-order valence-corrected chi connectivity index (χ0v) is 26.3. The molecule has 1 aliphatic heterocycles. The Morgan fingerprint density at radius 3 is 2.15 bits per heavy atom. The second-order valence-corrected chi connectivity index (χ2v) is 13.0. The summed E-state index contributed by atoms with van der Waals surface area (Å²) in [6, 6.07) is -1.39. The molecule has 0 saturated carbocycles. The fraction of sp³-hybridized carbons (Fsp3) is 0.444. The van der Waals surface area contributed by atoms with E-state index in [9.17, 15) is 24.0 Å². The number of rotatable bonds is 8. The summed E-state index contributed by atoms with van der Waals surface area (Å²) in [6.45, 7) is 4.96. The number of anilines is 1. The number of hydrogen-bond acceptors (Lipinski definition) is 8. The van der Waals surface area contributed by atoms with Crippen molar-refractivity contribution < 1.29 is 33.4 Å². The van der Waals surface area contributed by atoms with Crippen LogP contribution in [0, 0.1) is 11.8 Å². The van der Waals surface area contributed by atoms with E-state index in [1.54, 1.807) is 13.8 Å². The number of halogens is 4. The summed E-state index contributed by atoms with van der Waals surface area (Å²) in [5, 5.41) is 2.05. The summed E-state index contributed by atoms with van der Waals surface area (Å²) >= 11 is 25.9. The van der Waals surface area contributed by atoms with Gasteiger partial charge in [0.05, 0.1) is 43.9 Å². The zero-order valence-electron chi connectivity index (χ0n) is 22.5. The third-order valence-corrected chi connectivity index (χ3v) is 9.88. The largest absolute Gasteiger partial charge is 0.465 e. The number of nitrogens with one attached hydrogen (secondary N) is 1. The molecule has 1 aromatic heterocycles. The fourth-order valence-corrected chi connectivity index (χ4v) is 7.38. The SMILES string of the molecule is COC(=O)c1c(NC(=O)COC(=O)[C@H](CC(C)C)N2C(=O)c3c(Cl)c(Cl)c(Cl)c(Cl)c3C2=O)sc2c1CC[C@H](C)C2. The van der Waals surface area contributed by atoms with Crippen molar-refractivity contribution >= 4 is 92.4 Å². The monoisotopic (exact) mass is 662 g/mol. The average Bonchev–Trinajstić information content (AvgIpc) is 3.40. The van der Waals surface area contributed by atoms with Crippen molar-refractivity contribution in [1.82, 2.24) is 4.90 Å². The molecule has 1 N–H and O–H groups in total. The van der Waals surface area contributed by atoms with E-state index in [2.05, 4.69) is 12.2 Å². The Hall–Kier alpha value is -2.37. The molecule has 0 fully saturated rings. The van der Waals surface area contributed by atoms with E-state index in [-0.39, 0.29) is 43.6 Å². The number of carbonyl (C=O) groups is 5. The van der Waals surface area contributed by atoms with Crippen LogP contribution in [0.4, 0.5) is 5.00 Å². The van der Waals surface area contributed by atoms with Gasteiger partial charge in [0.1, 0.15) is 11.0 Å². The maximum atomic E-state index is 13.3. The van der Waals surface area contributed by atoms with Crippen LogP contribution in [0.5, 0.6) is 0 Å². The van der Waals surface area contributed by atoms with Gasteiger partial charge in [-0.2, -0.15) is 0 Å². The first kappa shape index (κ1) is 31.6.